The molecule has 2 nitrogen and oxygen atoms in total. The highest BCUT2D eigenvalue weighted by molar-refractivity contribution is 9.09. The topological polar surface area (TPSA) is 18.5 Å². The predicted octanol–water partition coefficient (Wildman–Crippen LogP) is 6.71. The second kappa shape index (κ2) is 8.91. The van der Waals surface area contributed by atoms with E-state index >= 15 is 0 Å². The third-order valence-corrected chi connectivity index (χ3v) is 4.76. The molecule has 0 amide bonds. The number of hydrogen-bond acceptors (Lipinski definition) is 2. The van der Waals surface area contributed by atoms with Gasteiger partial charge < -0.3 is 9.47 Å². The summed E-state index contributed by atoms with van der Waals surface area (Å²) in [5.41, 5.74) is 1.16. The van der Waals surface area contributed by atoms with Gasteiger partial charge >= 0.3 is 0 Å². The molecule has 0 bridgehead atoms. The Morgan fingerprint density at radius 2 is 1.52 bits per heavy atom. The number of hydrogen-bond donors (Lipinski definition) is 0. The second-order valence-electron chi connectivity index (χ2n) is 6.05. The standard InChI is InChI=1S/C22H23BrO2/c1-2-3-15-22(23)25-21-14-8-11-18-19(21)12-7-13-20(18)24-16-17-9-5-4-6-10-17/h4-14,22H,2-3,15-16H2,1H3. The molecule has 0 aliphatic heterocycles. The van der Waals surface area contributed by atoms with Crippen LogP contribution in [0.5, 0.6) is 11.5 Å². The molecule has 3 rings (SSSR count). The van der Waals surface area contributed by atoms with Gasteiger partial charge in [0.2, 0.25) is 0 Å². The average Bonchev–Trinajstić information content (AvgIpc) is 2.66. The van der Waals surface area contributed by atoms with Gasteiger partial charge in [-0.3, -0.25) is 0 Å². The number of rotatable bonds is 8. The molecule has 0 fully saturated rings. The molecule has 0 N–H and O–H groups in total. The van der Waals surface area contributed by atoms with E-state index in [1.165, 1.54) is 6.42 Å². The highest BCUT2D eigenvalue weighted by Crippen LogP contribution is 2.34. The lowest BCUT2D eigenvalue weighted by Gasteiger charge is -2.16. The van der Waals surface area contributed by atoms with Crippen molar-refractivity contribution in [2.24, 2.45) is 0 Å². The summed E-state index contributed by atoms with van der Waals surface area (Å²) in [7, 11) is 0. The molecule has 0 heterocycles. The van der Waals surface area contributed by atoms with Gasteiger partial charge in [-0.2, -0.15) is 0 Å². The molecule has 0 radical (unpaired) electrons. The van der Waals surface area contributed by atoms with Crippen LogP contribution >= 0.6 is 15.9 Å². The average molecular weight is 399 g/mol. The normalized spacial score (nSPS) is 12.1. The van der Waals surface area contributed by atoms with Gasteiger partial charge in [0.05, 0.1) is 0 Å². The first-order valence-electron chi connectivity index (χ1n) is 8.77. The van der Waals surface area contributed by atoms with E-state index in [1.54, 1.807) is 0 Å². The van der Waals surface area contributed by atoms with Gasteiger partial charge in [-0.1, -0.05) is 67.9 Å². The second-order valence-corrected chi connectivity index (χ2v) is 7.07. The van der Waals surface area contributed by atoms with E-state index in [1.807, 2.05) is 42.5 Å². The lowest BCUT2D eigenvalue weighted by Crippen LogP contribution is -2.08. The SMILES string of the molecule is CCCCC(Br)Oc1cccc2c(OCc3ccccc3)cccc12. The summed E-state index contributed by atoms with van der Waals surface area (Å²) >= 11 is 3.63. The fourth-order valence-corrected chi connectivity index (χ4v) is 3.30. The molecule has 0 saturated heterocycles. The first-order valence-corrected chi connectivity index (χ1v) is 9.68. The van der Waals surface area contributed by atoms with Gasteiger partial charge in [-0.05, 0) is 46.5 Å². The Balaban J connectivity index is 1.80. The Hall–Kier alpha value is -2.00. The van der Waals surface area contributed by atoms with Gasteiger partial charge in [0.25, 0.3) is 0 Å². The molecule has 0 aromatic heterocycles. The van der Waals surface area contributed by atoms with Crippen LogP contribution < -0.4 is 9.47 Å². The fraction of sp³-hybridized carbons (Fsp3) is 0.273. The Labute approximate surface area is 157 Å². The lowest BCUT2D eigenvalue weighted by molar-refractivity contribution is 0.282. The van der Waals surface area contributed by atoms with Crippen LogP contribution in [0.4, 0.5) is 0 Å². The molecule has 1 atom stereocenters. The van der Waals surface area contributed by atoms with Crippen molar-refractivity contribution in [3.05, 3.63) is 72.3 Å². The van der Waals surface area contributed by atoms with Crippen molar-refractivity contribution in [2.45, 2.75) is 37.8 Å². The monoisotopic (exact) mass is 398 g/mol. The third kappa shape index (κ3) is 4.76. The predicted molar refractivity (Wildman–Crippen MR) is 108 cm³/mol. The summed E-state index contributed by atoms with van der Waals surface area (Å²) < 4.78 is 12.2. The third-order valence-electron chi connectivity index (χ3n) is 4.12. The molecule has 0 aliphatic carbocycles. The molecule has 3 aromatic rings. The van der Waals surface area contributed by atoms with Crippen LogP contribution in [-0.4, -0.2) is 5.01 Å². The Morgan fingerprint density at radius 3 is 2.24 bits per heavy atom. The van der Waals surface area contributed by atoms with Crippen LogP contribution in [0.3, 0.4) is 0 Å². The van der Waals surface area contributed by atoms with Crippen LogP contribution in [0.25, 0.3) is 10.8 Å². The highest BCUT2D eigenvalue weighted by atomic mass is 79.9. The van der Waals surface area contributed by atoms with Gasteiger partial charge in [-0.25, -0.2) is 0 Å². The molecule has 0 spiro atoms. The highest BCUT2D eigenvalue weighted by Gasteiger charge is 2.11. The smallest absolute Gasteiger partial charge is 0.153 e. The van der Waals surface area contributed by atoms with E-state index in [0.717, 1.165) is 40.7 Å². The molecule has 130 valence electrons. The van der Waals surface area contributed by atoms with Crippen LogP contribution in [0.15, 0.2) is 66.7 Å². The van der Waals surface area contributed by atoms with E-state index in [9.17, 15) is 0 Å². The van der Waals surface area contributed by atoms with E-state index in [2.05, 4.69) is 47.1 Å². The first kappa shape index (κ1) is 17.8. The van der Waals surface area contributed by atoms with Crippen LogP contribution in [0, 0.1) is 0 Å². The van der Waals surface area contributed by atoms with Gasteiger partial charge in [0.15, 0.2) is 5.01 Å². The van der Waals surface area contributed by atoms with E-state index in [4.69, 9.17) is 9.47 Å². The summed E-state index contributed by atoms with van der Waals surface area (Å²) in [5.74, 6) is 1.77. The maximum Gasteiger partial charge on any atom is 0.153 e. The number of halogens is 1. The summed E-state index contributed by atoms with van der Waals surface area (Å²) in [6.07, 6.45) is 3.31. The zero-order valence-electron chi connectivity index (χ0n) is 14.5. The van der Waals surface area contributed by atoms with Crippen molar-refractivity contribution in [1.82, 2.24) is 0 Å². The minimum Gasteiger partial charge on any atom is -0.488 e. The molecule has 25 heavy (non-hydrogen) atoms. The van der Waals surface area contributed by atoms with Crippen molar-refractivity contribution < 1.29 is 9.47 Å². The van der Waals surface area contributed by atoms with Gasteiger partial charge in [-0.15, -0.1) is 0 Å². The number of fused-ring (bicyclic) bond motifs is 1. The molecule has 1 unspecified atom stereocenters. The van der Waals surface area contributed by atoms with Crippen molar-refractivity contribution in [3.63, 3.8) is 0 Å². The first-order chi connectivity index (χ1) is 12.3. The largest absolute Gasteiger partial charge is 0.488 e. The van der Waals surface area contributed by atoms with Gasteiger partial charge in [0.1, 0.15) is 18.1 Å². The maximum atomic E-state index is 6.11. The lowest BCUT2D eigenvalue weighted by atomic mass is 10.1. The maximum absolute atomic E-state index is 6.11. The number of ether oxygens (including phenoxy) is 2. The number of benzene rings is 3. The molecular weight excluding hydrogens is 376 g/mol. The molecular formula is C22H23BrO2. The quantitative estimate of drug-likeness (QED) is 0.392. The van der Waals surface area contributed by atoms with E-state index < -0.39 is 0 Å². The number of alkyl halides is 1. The molecule has 3 heteroatoms. The Kier molecular flexibility index (Phi) is 6.35. The van der Waals surface area contributed by atoms with Crippen LogP contribution in [-0.2, 0) is 6.61 Å². The van der Waals surface area contributed by atoms with Crippen molar-refractivity contribution in [1.29, 1.82) is 0 Å². The summed E-state index contributed by atoms with van der Waals surface area (Å²) in [4.78, 5) is 0. The summed E-state index contributed by atoms with van der Waals surface area (Å²) in [5, 5.41) is 2.19. The van der Waals surface area contributed by atoms with Crippen molar-refractivity contribution in [2.75, 3.05) is 0 Å². The molecule has 0 aliphatic rings. The fourth-order valence-electron chi connectivity index (χ4n) is 2.78. The van der Waals surface area contributed by atoms with E-state index in [-0.39, 0.29) is 5.01 Å². The van der Waals surface area contributed by atoms with Crippen molar-refractivity contribution >= 4 is 26.7 Å². The van der Waals surface area contributed by atoms with Crippen LogP contribution in [0.2, 0.25) is 0 Å². The summed E-state index contributed by atoms with van der Waals surface area (Å²) in [6.45, 7) is 2.75. The van der Waals surface area contributed by atoms with Crippen LogP contribution in [0.1, 0.15) is 31.7 Å². The number of unbranched alkanes of at least 4 members (excludes halogenated alkanes) is 1. The Bertz CT molecular complexity index is 801. The molecule has 0 saturated carbocycles. The van der Waals surface area contributed by atoms with Gasteiger partial charge in [0, 0.05) is 10.8 Å². The minimum absolute atomic E-state index is 0.0342. The Morgan fingerprint density at radius 1 is 0.840 bits per heavy atom. The summed E-state index contributed by atoms with van der Waals surface area (Å²) in [6, 6.07) is 22.4. The molecule has 3 aromatic carbocycles. The van der Waals surface area contributed by atoms with E-state index in [0.29, 0.717) is 6.61 Å². The zero-order chi connectivity index (χ0) is 17.5. The minimum atomic E-state index is 0.0342. The zero-order valence-corrected chi connectivity index (χ0v) is 16.0. The van der Waals surface area contributed by atoms with Crippen molar-refractivity contribution in [3.8, 4) is 11.5 Å².